The average molecular weight is 403 g/mol. The highest BCUT2D eigenvalue weighted by atomic mass is 35.5. The van der Waals surface area contributed by atoms with E-state index >= 15 is 0 Å². The van der Waals surface area contributed by atoms with Crippen LogP contribution in [0.25, 0.3) is 11.0 Å². The molecule has 0 aliphatic rings. The molecular weight excluding hydrogens is 380 g/mol. The van der Waals surface area contributed by atoms with Crippen LogP contribution in [0.4, 0.5) is 0 Å². The summed E-state index contributed by atoms with van der Waals surface area (Å²) in [5, 5.41) is 1.64. The summed E-state index contributed by atoms with van der Waals surface area (Å²) in [6.07, 6.45) is 4.71. The fourth-order valence-corrected chi connectivity index (χ4v) is 3.77. The number of benzene rings is 2. The number of methoxy groups -OCH3 is 1. The van der Waals surface area contributed by atoms with Gasteiger partial charge in [0, 0.05) is 10.8 Å². The Morgan fingerprint density at radius 2 is 2.07 bits per heavy atom. The number of thioether (sulfide) groups is 1. The maximum absolute atomic E-state index is 6.00. The molecule has 3 rings (SSSR count). The van der Waals surface area contributed by atoms with Gasteiger partial charge in [-0.25, -0.2) is 4.98 Å². The molecule has 0 saturated carbocycles. The minimum Gasteiger partial charge on any atom is -0.493 e. The van der Waals surface area contributed by atoms with Crippen molar-refractivity contribution in [2.45, 2.75) is 24.4 Å². The summed E-state index contributed by atoms with van der Waals surface area (Å²) < 4.78 is 11.3. The van der Waals surface area contributed by atoms with E-state index in [9.17, 15) is 0 Å². The molecule has 0 amide bonds. The van der Waals surface area contributed by atoms with E-state index in [-0.39, 0.29) is 0 Å². The summed E-state index contributed by atoms with van der Waals surface area (Å²) >= 11 is 7.72. The van der Waals surface area contributed by atoms with E-state index in [2.05, 4.69) is 16.5 Å². The lowest BCUT2D eigenvalue weighted by atomic mass is 10.1. The number of aromatic amines is 1. The highest BCUT2D eigenvalue weighted by Crippen LogP contribution is 2.29. The van der Waals surface area contributed by atoms with Gasteiger partial charge >= 0.3 is 0 Å². The third kappa shape index (κ3) is 5.44. The first-order valence-electron chi connectivity index (χ1n) is 8.88. The molecule has 0 saturated heterocycles. The summed E-state index contributed by atoms with van der Waals surface area (Å²) in [6.45, 7) is 4.42. The first kappa shape index (κ1) is 19.6. The van der Waals surface area contributed by atoms with Crippen molar-refractivity contribution >= 4 is 34.4 Å². The van der Waals surface area contributed by atoms with Gasteiger partial charge in [-0.1, -0.05) is 35.5 Å². The zero-order chi connectivity index (χ0) is 19.1. The van der Waals surface area contributed by atoms with Gasteiger partial charge in [-0.2, -0.15) is 0 Å². The van der Waals surface area contributed by atoms with Crippen LogP contribution in [-0.4, -0.2) is 29.4 Å². The van der Waals surface area contributed by atoms with Gasteiger partial charge in [0.25, 0.3) is 0 Å². The van der Waals surface area contributed by atoms with Crippen LogP contribution in [0.5, 0.6) is 11.5 Å². The Hall–Kier alpha value is -2.11. The van der Waals surface area contributed by atoms with Crippen LogP contribution in [0.3, 0.4) is 0 Å². The fourth-order valence-electron chi connectivity index (χ4n) is 2.71. The molecule has 1 N–H and O–H groups in total. The predicted molar refractivity (Wildman–Crippen MR) is 113 cm³/mol. The molecule has 0 unspecified atom stereocenters. The van der Waals surface area contributed by atoms with Gasteiger partial charge in [0.05, 0.1) is 24.8 Å². The Kier molecular flexibility index (Phi) is 7.07. The number of nitrogens with one attached hydrogen (secondary N) is 1. The van der Waals surface area contributed by atoms with Crippen LogP contribution in [0.1, 0.15) is 18.4 Å². The Bertz CT molecular complexity index is 910. The topological polar surface area (TPSA) is 47.1 Å². The maximum atomic E-state index is 6.00. The van der Waals surface area contributed by atoms with Crippen molar-refractivity contribution in [3.05, 3.63) is 59.6 Å². The van der Waals surface area contributed by atoms with Crippen molar-refractivity contribution < 1.29 is 9.47 Å². The molecule has 3 aromatic rings. The molecule has 0 radical (unpaired) electrons. The molecule has 0 aliphatic heterocycles. The van der Waals surface area contributed by atoms with E-state index in [0.717, 1.165) is 58.3 Å². The van der Waals surface area contributed by atoms with E-state index in [1.807, 2.05) is 42.5 Å². The van der Waals surface area contributed by atoms with Crippen molar-refractivity contribution in [2.24, 2.45) is 0 Å². The smallest absolute Gasteiger partial charge is 0.166 e. The Morgan fingerprint density at radius 1 is 1.19 bits per heavy atom. The number of H-pyrrole nitrogens is 1. The SMILES string of the molecule is C=CCc1ccc(OCCCCSc2nc3ccc(Cl)cc3[nH]2)c(OC)c1. The lowest BCUT2D eigenvalue weighted by molar-refractivity contribution is 0.288. The molecule has 4 nitrogen and oxygen atoms in total. The average Bonchev–Trinajstić information content (AvgIpc) is 3.07. The first-order valence-corrected chi connectivity index (χ1v) is 10.2. The molecule has 27 heavy (non-hydrogen) atoms. The van der Waals surface area contributed by atoms with Crippen LogP contribution in [0, 0.1) is 0 Å². The van der Waals surface area contributed by atoms with Crippen LogP contribution < -0.4 is 9.47 Å². The summed E-state index contributed by atoms with van der Waals surface area (Å²) in [6, 6.07) is 11.7. The normalized spacial score (nSPS) is 10.9. The highest BCUT2D eigenvalue weighted by Gasteiger charge is 2.06. The number of hydrogen-bond acceptors (Lipinski definition) is 4. The number of ether oxygens (including phenoxy) is 2. The van der Waals surface area contributed by atoms with Crippen molar-refractivity contribution in [1.82, 2.24) is 9.97 Å². The molecule has 0 atom stereocenters. The van der Waals surface area contributed by atoms with Gasteiger partial charge in [0.15, 0.2) is 16.7 Å². The number of unbranched alkanes of at least 4 members (excludes halogenated alkanes) is 1. The number of allylic oxidation sites excluding steroid dienone is 1. The second kappa shape index (κ2) is 9.72. The van der Waals surface area contributed by atoms with Crippen LogP contribution >= 0.6 is 23.4 Å². The highest BCUT2D eigenvalue weighted by molar-refractivity contribution is 7.99. The molecule has 0 fully saturated rings. The van der Waals surface area contributed by atoms with E-state index in [1.54, 1.807) is 18.9 Å². The molecule has 2 aromatic carbocycles. The molecule has 1 aromatic heterocycles. The van der Waals surface area contributed by atoms with E-state index < -0.39 is 0 Å². The van der Waals surface area contributed by atoms with Crippen LogP contribution in [-0.2, 0) is 6.42 Å². The molecular formula is C21H23ClN2O2S. The van der Waals surface area contributed by atoms with Gasteiger partial charge in [0.1, 0.15) is 0 Å². The van der Waals surface area contributed by atoms with Gasteiger partial charge in [0.2, 0.25) is 0 Å². The first-order chi connectivity index (χ1) is 13.2. The Morgan fingerprint density at radius 3 is 2.89 bits per heavy atom. The number of imidazole rings is 1. The lowest BCUT2D eigenvalue weighted by Crippen LogP contribution is -2.00. The number of halogens is 1. The minimum atomic E-state index is 0.660. The van der Waals surface area contributed by atoms with Crippen molar-refractivity contribution in [1.29, 1.82) is 0 Å². The quantitative estimate of drug-likeness (QED) is 0.260. The summed E-state index contributed by atoms with van der Waals surface area (Å²) in [7, 11) is 1.66. The van der Waals surface area contributed by atoms with Crippen LogP contribution in [0.15, 0.2) is 54.2 Å². The van der Waals surface area contributed by atoms with Crippen molar-refractivity contribution in [2.75, 3.05) is 19.5 Å². The Labute approximate surface area is 168 Å². The standard InChI is InChI=1S/C21H23ClN2O2S/c1-3-6-15-7-10-19(20(13-15)25-2)26-11-4-5-12-27-21-23-17-9-8-16(22)14-18(17)24-21/h3,7-10,13-14H,1,4-6,11-12H2,2H3,(H,23,24). The minimum absolute atomic E-state index is 0.660. The number of hydrogen-bond donors (Lipinski definition) is 1. The zero-order valence-corrected chi connectivity index (χ0v) is 16.9. The monoisotopic (exact) mass is 402 g/mol. The summed E-state index contributed by atoms with van der Waals surface area (Å²) in [5.74, 6) is 2.53. The van der Waals surface area contributed by atoms with Gasteiger partial charge in [-0.05, 0) is 55.2 Å². The number of nitrogens with zero attached hydrogens (tertiary/aromatic N) is 1. The number of aromatic nitrogens is 2. The van der Waals surface area contributed by atoms with Crippen molar-refractivity contribution in [3.63, 3.8) is 0 Å². The fraction of sp³-hybridized carbons (Fsp3) is 0.286. The van der Waals surface area contributed by atoms with Gasteiger partial charge in [-0.15, -0.1) is 6.58 Å². The summed E-state index contributed by atoms with van der Waals surface area (Å²) in [4.78, 5) is 7.86. The zero-order valence-electron chi connectivity index (χ0n) is 15.3. The molecule has 142 valence electrons. The predicted octanol–water partition coefficient (Wildman–Crippen LogP) is 5.90. The molecule has 6 heteroatoms. The third-order valence-electron chi connectivity index (χ3n) is 4.07. The van der Waals surface area contributed by atoms with E-state index in [0.29, 0.717) is 11.6 Å². The van der Waals surface area contributed by atoms with E-state index in [4.69, 9.17) is 21.1 Å². The second-order valence-electron chi connectivity index (χ2n) is 6.09. The second-order valence-corrected chi connectivity index (χ2v) is 7.61. The summed E-state index contributed by atoms with van der Waals surface area (Å²) in [5.41, 5.74) is 3.08. The lowest BCUT2D eigenvalue weighted by Gasteiger charge is -2.11. The number of fused-ring (bicyclic) bond motifs is 1. The van der Waals surface area contributed by atoms with Crippen molar-refractivity contribution in [3.8, 4) is 11.5 Å². The van der Waals surface area contributed by atoms with Crippen LogP contribution in [0.2, 0.25) is 5.02 Å². The third-order valence-corrected chi connectivity index (χ3v) is 5.26. The molecule has 0 aliphatic carbocycles. The van der Waals surface area contributed by atoms with Gasteiger partial charge in [-0.3, -0.25) is 0 Å². The Balaban J connectivity index is 1.41. The molecule has 1 heterocycles. The molecule has 0 bridgehead atoms. The van der Waals surface area contributed by atoms with Gasteiger partial charge < -0.3 is 14.5 Å². The largest absolute Gasteiger partial charge is 0.493 e. The maximum Gasteiger partial charge on any atom is 0.166 e. The molecule has 0 spiro atoms. The number of rotatable bonds is 10. The van der Waals surface area contributed by atoms with E-state index in [1.165, 1.54) is 0 Å².